The molecule has 1 fully saturated rings. The molecule has 3 nitrogen and oxygen atoms in total. The molecule has 1 aliphatic rings. The zero-order valence-corrected chi connectivity index (χ0v) is 6.25. The lowest BCUT2D eigenvalue weighted by Crippen LogP contribution is -2.44. The quantitative estimate of drug-likeness (QED) is 0.506. The van der Waals surface area contributed by atoms with Crippen molar-refractivity contribution in [3.63, 3.8) is 0 Å². The van der Waals surface area contributed by atoms with Crippen LogP contribution in [0.4, 0.5) is 0 Å². The first-order valence-corrected chi connectivity index (χ1v) is 3.60. The van der Waals surface area contributed by atoms with Gasteiger partial charge in [-0.3, -0.25) is 4.90 Å². The largest absolute Gasteiger partial charge is 0.379 e. The van der Waals surface area contributed by atoms with Gasteiger partial charge >= 0.3 is 0 Å². The zero-order chi connectivity index (χ0) is 7.40. The summed E-state index contributed by atoms with van der Waals surface area (Å²) in [6, 6.07) is 0.402. The smallest absolute Gasteiger partial charge is 0.133 e. The first-order chi connectivity index (χ1) is 4.84. The number of aldehydes is 1. The van der Waals surface area contributed by atoms with Crippen LogP contribution >= 0.6 is 0 Å². The van der Waals surface area contributed by atoms with Crippen molar-refractivity contribution < 1.29 is 9.53 Å². The van der Waals surface area contributed by atoms with Crippen LogP contribution in [0.15, 0.2) is 0 Å². The number of nitrogens with zero attached hydrogens (tertiary/aromatic N) is 1. The Bertz CT molecular complexity index is 116. The molecular formula is C7H13NO2. The van der Waals surface area contributed by atoms with E-state index in [2.05, 4.69) is 11.8 Å². The predicted octanol–water partition coefficient (Wildman–Crippen LogP) is -0.0940. The monoisotopic (exact) mass is 143 g/mol. The molecule has 58 valence electrons. The van der Waals surface area contributed by atoms with E-state index >= 15 is 0 Å². The van der Waals surface area contributed by atoms with Gasteiger partial charge in [0.1, 0.15) is 6.29 Å². The van der Waals surface area contributed by atoms with Gasteiger partial charge in [0.05, 0.1) is 19.8 Å². The maximum absolute atomic E-state index is 10.1. The second kappa shape index (κ2) is 3.68. The number of carbonyl (C=O) groups is 1. The molecule has 10 heavy (non-hydrogen) atoms. The van der Waals surface area contributed by atoms with E-state index in [1.165, 1.54) is 0 Å². The Hall–Kier alpha value is -0.410. The van der Waals surface area contributed by atoms with Crippen LogP contribution in [0.3, 0.4) is 0 Å². The van der Waals surface area contributed by atoms with Crippen LogP contribution in [0.5, 0.6) is 0 Å². The van der Waals surface area contributed by atoms with E-state index in [1.54, 1.807) is 0 Å². The Morgan fingerprint density at radius 3 is 3.20 bits per heavy atom. The minimum absolute atomic E-state index is 0.402. The number of carbonyl (C=O) groups excluding carboxylic acids is 1. The Kier molecular flexibility index (Phi) is 2.83. The van der Waals surface area contributed by atoms with Gasteiger partial charge in [-0.05, 0) is 6.92 Å². The standard InChI is InChI=1S/C7H13NO2/c1-7-6-10-5-3-8(7)2-4-9/h4,7H,2-3,5-6H2,1H3. The summed E-state index contributed by atoms with van der Waals surface area (Å²) in [6.07, 6.45) is 0.946. The summed E-state index contributed by atoms with van der Waals surface area (Å²) in [7, 11) is 0. The fraction of sp³-hybridized carbons (Fsp3) is 0.857. The van der Waals surface area contributed by atoms with Gasteiger partial charge < -0.3 is 9.53 Å². The summed E-state index contributed by atoms with van der Waals surface area (Å²) in [5.74, 6) is 0. The highest BCUT2D eigenvalue weighted by atomic mass is 16.5. The summed E-state index contributed by atoms with van der Waals surface area (Å²) in [5.41, 5.74) is 0. The lowest BCUT2D eigenvalue weighted by Gasteiger charge is -2.31. The third-order valence-electron chi connectivity index (χ3n) is 1.81. The van der Waals surface area contributed by atoms with Crippen molar-refractivity contribution in [3.8, 4) is 0 Å². The van der Waals surface area contributed by atoms with E-state index < -0.39 is 0 Å². The van der Waals surface area contributed by atoms with Crippen molar-refractivity contribution in [2.45, 2.75) is 13.0 Å². The molecule has 0 aliphatic carbocycles. The fourth-order valence-electron chi connectivity index (χ4n) is 1.13. The highest BCUT2D eigenvalue weighted by Gasteiger charge is 2.17. The topological polar surface area (TPSA) is 29.5 Å². The molecule has 0 saturated carbocycles. The number of hydrogen-bond donors (Lipinski definition) is 0. The van der Waals surface area contributed by atoms with Crippen LogP contribution in [0.25, 0.3) is 0 Å². The Labute approximate surface area is 61.0 Å². The molecule has 0 bridgehead atoms. The maximum Gasteiger partial charge on any atom is 0.133 e. The first-order valence-electron chi connectivity index (χ1n) is 3.60. The van der Waals surface area contributed by atoms with Gasteiger partial charge in [-0.25, -0.2) is 0 Å². The van der Waals surface area contributed by atoms with Crippen molar-refractivity contribution in [2.24, 2.45) is 0 Å². The van der Waals surface area contributed by atoms with E-state index in [0.29, 0.717) is 12.6 Å². The Morgan fingerprint density at radius 2 is 2.60 bits per heavy atom. The third-order valence-corrected chi connectivity index (χ3v) is 1.81. The number of ether oxygens (including phenoxy) is 1. The third kappa shape index (κ3) is 1.78. The highest BCUT2D eigenvalue weighted by molar-refractivity contribution is 5.52. The van der Waals surface area contributed by atoms with E-state index in [4.69, 9.17) is 4.74 Å². The van der Waals surface area contributed by atoms with E-state index in [-0.39, 0.29) is 0 Å². The molecule has 1 atom stereocenters. The van der Waals surface area contributed by atoms with Crippen LogP contribution in [-0.4, -0.2) is 43.5 Å². The number of hydrogen-bond acceptors (Lipinski definition) is 3. The molecule has 1 heterocycles. The molecule has 0 aromatic carbocycles. The van der Waals surface area contributed by atoms with Gasteiger partial charge in [0, 0.05) is 12.6 Å². The summed E-state index contributed by atoms with van der Waals surface area (Å²) in [4.78, 5) is 12.3. The van der Waals surface area contributed by atoms with E-state index in [1.807, 2.05) is 0 Å². The van der Waals surface area contributed by atoms with Gasteiger partial charge in [0.2, 0.25) is 0 Å². The van der Waals surface area contributed by atoms with Crippen LogP contribution in [0, 0.1) is 0 Å². The van der Waals surface area contributed by atoms with Gasteiger partial charge in [0.25, 0.3) is 0 Å². The average molecular weight is 143 g/mol. The minimum atomic E-state index is 0.402. The van der Waals surface area contributed by atoms with Gasteiger partial charge in [-0.2, -0.15) is 0 Å². The number of rotatable bonds is 2. The van der Waals surface area contributed by atoms with Crippen molar-refractivity contribution in [3.05, 3.63) is 0 Å². The molecule has 0 amide bonds. The van der Waals surface area contributed by atoms with Crippen molar-refractivity contribution in [2.75, 3.05) is 26.3 Å². The van der Waals surface area contributed by atoms with Crippen LogP contribution in [0.2, 0.25) is 0 Å². The van der Waals surface area contributed by atoms with E-state index in [0.717, 1.165) is 26.0 Å². The summed E-state index contributed by atoms with van der Waals surface area (Å²) < 4.78 is 5.20. The maximum atomic E-state index is 10.1. The summed E-state index contributed by atoms with van der Waals surface area (Å²) in [5, 5.41) is 0. The molecule has 0 radical (unpaired) electrons. The first kappa shape index (κ1) is 7.69. The molecule has 0 N–H and O–H groups in total. The second-order valence-corrected chi connectivity index (χ2v) is 2.59. The van der Waals surface area contributed by atoms with E-state index in [9.17, 15) is 4.79 Å². The normalized spacial score (nSPS) is 28.3. The molecule has 0 spiro atoms. The SMILES string of the molecule is CC1COCCN1CC=O. The fourth-order valence-corrected chi connectivity index (χ4v) is 1.13. The summed E-state index contributed by atoms with van der Waals surface area (Å²) in [6.45, 7) is 5.03. The van der Waals surface area contributed by atoms with Crippen LogP contribution in [-0.2, 0) is 9.53 Å². The van der Waals surface area contributed by atoms with Gasteiger partial charge in [-0.15, -0.1) is 0 Å². The molecule has 0 aromatic heterocycles. The zero-order valence-electron chi connectivity index (χ0n) is 6.25. The molecule has 1 unspecified atom stereocenters. The highest BCUT2D eigenvalue weighted by Crippen LogP contribution is 2.03. The number of morpholine rings is 1. The molecule has 1 rings (SSSR count). The average Bonchev–Trinajstić information content (AvgIpc) is 1.94. The van der Waals surface area contributed by atoms with Crippen molar-refractivity contribution in [1.82, 2.24) is 4.90 Å². The molecular weight excluding hydrogens is 130 g/mol. The lowest BCUT2D eigenvalue weighted by molar-refractivity contribution is -0.110. The Morgan fingerprint density at radius 1 is 1.80 bits per heavy atom. The molecule has 1 aliphatic heterocycles. The predicted molar refractivity (Wildman–Crippen MR) is 37.9 cm³/mol. The minimum Gasteiger partial charge on any atom is -0.379 e. The van der Waals surface area contributed by atoms with Crippen molar-refractivity contribution in [1.29, 1.82) is 0 Å². The second-order valence-electron chi connectivity index (χ2n) is 2.59. The van der Waals surface area contributed by atoms with Gasteiger partial charge in [0.15, 0.2) is 0 Å². The van der Waals surface area contributed by atoms with Crippen molar-refractivity contribution >= 4 is 6.29 Å². The van der Waals surface area contributed by atoms with Gasteiger partial charge in [-0.1, -0.05) is 0 Å². The molecule has 0 aromatic rings. The summed E-state index contributed by atoms with van der Waals surface area (Å²) >= 11 is 0. The lowest BCUT2D eigenvalue weighted by atomic mass is 10.2. The van der Waals surface area contributed by atoms with Crippen LogP contribution in [0.1, 0.15) is 6.92 Å². The Balaban J connectivity index is 2.32. The molecule has 3 heteroatoms. The van der Waals surface area contributed by atoms with Crippen LogP contribution < -0.4 is 0 Å². The molecule has 1 saturated heterocycles.